The zero-order chi connectivity index (χ0) is 20.3. The summed E-state index contributed by atoms with van der Waals surface area (Å²) < 4.78 is 51.0. The minimum atomic E-state index is -4.38. The fraction of sp³-hybridized carbons (Fsp3) is 0.200. The standard InChI is InChI=1S/C20H17F4N3O/c21-15-6-8-18-13(9-15)10-16(11-26-18)27-19(28)17(25)7-3-12-1-4-14(5-2-12)20(22,23)24/h1-2,4-6,8-11,17H,3,7,25H2,(H,27,28)/t17-/m1/s1. The van der Waals surface area contributed by atoms with Crippen molar-refractivity contribution < 1.29 is 22.4 Å². The molecule has 0 aliphatic heterocycles. The first-order chi connectivity index (χ1) is 13.2. The van der Waals surface area contributed by atoms with Crippen molar-refractivity contribution >= 4 is 22.5 Å². The number of aromatic nitrogens is 1. The van der Waals surface area contributed by atoms with E-state index in [1.54, 1.807) is 6.07 Å². The van der Waals surface area contributed by atoms with Crippen LogP contribution in [0.4, 0.5) is 23.2 Å². The molecule has 0 fully saturated rings. The summed E-state index contributed by atoms with van der Waals surface area (Å²) in [6, 6.07) is 9.61. The van der Waals surface area contributed by atoms with Crippen molar-refractivity contribution in [3.8, 4) is 0 Å². The molecule has 1 amide bonds. The maximum atomic E-state index is 13.3. The van der Waals surface area contributed by atoms with Gasteiger partial charge in [-0.05, 0) is 54.8 Å². The smallest absolute Gasteiger partial charge is 0.323 e. The Bertz CT molecular complexity index is 987. The SMILES string of the molecule is N[C@H](CCc1ccc(C(F)(F)F)cc1)C(=O)Nc1cnc2ccc(F)cc2c1. The Balaban J connectivity index is 1.58. The number of halogens is 4. The molecule has 1 atom stereocenters. The normalized spacial score (nSPS) is 12.8. The summed E-state index contributed by atoms with van der Waals surface area (Å²) in [5, 5.41) is 3.16. The van der Waals surface area contributed by atoms with Crippen LogP contribution in [0.1, 0.15) is 17.5 Å². The van der Waals surface area contributed by atoms with Crippen molar-refractivity contribution in [2.45, 2.75) is 25.1 Å². The number of nitrogens with zero attached hydrogens (tertiary/aromatic N) is 1. The minimum Gasteiger partial charge on any atom is -0.323 e. The van der Waals surface area contributed by atoms with Gasteiger partial charge in [0.1, 0.15) is 5.82 Å². The predicted molar refractivity (Wildman–Crippen MR) is 98.1 cm³/mol. The molecule has 4 nitrogen and oxygen atoms in total. The maximum absolute atomic E-state index is 13.3. The lowest BCUT2D eigenvalue weighted by molar-refractivity contribution is -0.137. The second kappa shape index (κ2) is 7.93. The number of anilines is 1. The van der Waals surface area contributed by atoms with Crippen LogP contribution < -0.4 is 11.1 Å². The van der Waals surface area contributed by atoms with Crippen molar-refractivity contribution in [2.75, 3.05) is 5.32 Å². The van der Waals surface area contributed by atoms with Crippen molar-refractivity contribution in [2.24, 2.45) is 5.73 Å². The lowest BCUT2D eigenvalue weighted by Gasteiger charge is -2.13. The van der Waals surface area contributed by atoms with Gasteiger partial charge in [-0.1, -0.05) is 12.1 Å². The Labute approximate surface area is 158 Å². The van der Waals surface area contributed by atoms with Crippen molar-refractivity contribution in [1.82, 2.24) is 4.98 Å². The average molecular weight is 391 g/mol. The molecule has 0 saturated carbocycles. The molecule has 146 valence electrons. The first-order valence-electron chi connectivity index (χ1n) is 8.50. The van der Waals surface area contributed by atoms with Gasteiger partial charge in [0.2, 0.25) is 5.91 Å². The van der Waals surface area contributed by atoms with Gasteiger partial charge in [-0.2, -0.15) is 13.2 Å². The number of rotatable bonds is 5. The molecule has 28 heavy (non-hydrogen) atoms. The number of alkyl halides is 3. The van der Waals surface area contributed by atoms with Gasteiger partial charge < -0.3 is 11.1 Å². The van der Waals surface area contributed by atoms with Crippen molar-refractivity contribution in [3.63, 3.8) is 0 Å². The first-order valence-corrected chi connectivity index (χ1v) is 8.50. The maximum Gasteiger partial charge on any atom is 0.416 e. The van der Waals surface area contributed by atoms with E-state index in [4.69, 9.17) is 5.73 Å². The van der Waals surface area contributed by atoms with Gasteiger partial charge >= 0.3 is 6.18 Å². The van der Waals surface area contributed by atoms with Crippen LogP contribution in [0, 0.1) is 5.82 Å². The number of fused-ring (bicyclic) bond motifs is 1. The zero-order valence-corrected chi connectivity index (χ0v) is 14.6. The highest BCUT2D eigenvalue weighted by molar-refractivity contribution is 5.96. The molecule has 0 saturated heterocycles. The molecule has 3 rings (SSSR count). The van der Waals surface area contributed by atoms with E-state index < -0.39 is 29.5 Å². The third kappa shape index (κ3) is 4.83. The molecule has 2 aromatic carbocycles. The van der Waals surface area contributed by atoms with E-state index in [2.05, 4.69) is 10.3 Å². The topological polar surface area (TPSA) is 68.0 Å². The molecule has 0 radical (unpaired) electrons. The molecule has 0 aliphatic rings. The van der Waals surface area contributed by atoms with Gasteiger partial charge in [0, 0.05) is 5.39 Å². The number of nitrogens with two attached hydrogens (primary N) is 1. The molecule has 0 unspecified atom stereocenters. The van der Waals surface area contributed by atoms with Crippen LogP contribution in [-0.2, 0) is 17.4 Å². The molecular weight excluding hydrogens is 374 g/mol. The highest BCUT2D eigenvalue weighted by Crippen LogP contribution is 2.29. The third-order valence-electron chi connectivity index (χ3n) is 4.27. The van der Waals surface area contributed by atoms with Gasteiger partial charge in [-0.25, -0.2) is 4.39 Å². The fourth-order valence-electron chi connectivity index (χ4n) is 2.72. The largest absolute Gasteiger partial charge is 0.416 e. The van der Waals surface area contributed by atoms with Gasteiger partial charge in [0.15, 0.2) is 0 Å². The van der Waals surface area contributed by atoms with Gasteiger partial charge in [0.05, 0.1) is 29.0 Å². The molecule has 1 aromatic heterocycles. The lowest BCUT2D eigenvalue weighted by Crippen LogP contribution is -2.36. The Kier molecular flexibility index (Phi) is 5.60. The second-order valence-corrected chi connectivity index (χ2v) is 6.39. The van der Waals surface area contributed by atoms with Crippen molar-refractivity contribution in [3.05, 3.63) is 71.7 Å². The van der Waals surface area contributed by atoms with E-state index in [1.807, 2.05) is 0 Å². The molecule has 8 heteroatoms. The number of amides is 1. The van der Waals surface area contributed by atoms with Crippen LogP contribution >= 0.6 is 0 Å². The number of aryl methyl sites for hydroxylation is 1. The highest BCUT2D eigenvalue weighted by atomic mass is 19.4. The molecule has 0 bridgehead atoms. The van der Waals surface area contributed by atoms with Crippen LogP contribution in [-0.4, -0.2) is 16.9 Å². The summed E-state index contributed by atoms with van der Waals surface area (Å²) >= 11 is 0. The summed E-state index contributed by atoms with van der Waals surface area (Å²) in [4.78, 5) is 16.4. The quantitative estimate of drug-likeness (QED) is 0.638. The fourth-order valence-corrected chi connectivity index (χ4v) is 2.72. The van der Waals surface area contributed by atoms with Crippen molar-refractivity contribution in [1.29, 1.82) is 0 Å². The zero-order valence-electron chi connectivity index (χ0n) is 14.6. The number of nitrogens with one attached hydrogen (secondary N) is 1. The molecule has 1 heterocycles. The summed E-state index contributed by atoms with van der Waals surface area (Å²) in [6.45, 7) is 0. The van der Waals surface area contributed by atoms with E-state index >= 15 is 0 Å². The molecule has 0 aliphatic carbocycles. The number of carbonyl (C=O) groups is 1. The summed E-state index contributed by atoms with van der Waals surface area (Å²) in [5.41, 5.74) is 6.78. The summed E-state index contributed by atoms with van der Waals surface area (Å²) in [5.74, 6) is -0.865. The van der Waals surface area contributed by atoms with Crippen LogP contribution in [0.25, 0.3) is 10.9 Å². The first kappa shape index (κ1) is 19.8. The third-order valence-corrected chi connectivity index (χ3v) is 4.27. The Hall–Kier alpha value is -3.00. The van der Waals surface area contributed by atoms with Gasteiger partial charge in [-0.15, -0.1) is 0 Å². The molecular formula is C20H17F4N3O. The molecule has 3 N–H and O–H groups in total. The lowest BCUT2D eigenvalue weighted by atomic mass is 10.0. The van der Waals surface area contributed by atoms with E-state index in [1.165, 1.54) is 36.5 Å². The average Bonchev–Trinajstić information content (AvgIpc) is 2.65. The number of hydrogen-bond acceptors (Lipinski definition) is 3. The Morgan fingerprint density at radius 3 is 2.50 bits per heavy atom. The number of hydrogen-bond donors (Lipinski definition) is 2. The molecule has 3 aromatic rings. The number of carbonyl (C=O) groups excluding carboxylic acids is 1. The van der Waals surface area contributed by atoms with Crippen LogP contribution in [0.5, 0.6) is 0 Å². The monoisotopic (exact) mass is 391 g/mol. The minimum absolute atomic E-state index is 0.257. The van der Waals surface area contributed by atoms with Crippen LogP contribution in [0.3, 0.4) is 0 Å². The number of benzene rings is 2. The van der Waals surface area contributed by atoms with E-state index in [9.17, 15) is 22.4 Å². The second-order valence-electron chi connectivity index (χ2n) is 6.39. The Morgan fingerprint density at radius 1 is 1.11 bits per heavy atom. The van der Waals surface area contributed by atoms with E-state index in [0.29, 0.717) is 28.6 Å². The highest BCUT2D eigenvalue weighted by Gasteiger charge is 2.29. The number of pyridine rings is 1. The van der Waals surface area contributed by atoms with Gasteiger partial charge in [0.25, 0.3) is 0 Å². The van der Waals surface area contributed by atoms with E-state index in [0.717, 1.165) is 12.1 Å². The van der Waals surface area contributed by atoms with Crippen LogP contribution in [0.15, 0.2) is 54.7 Å². The Morgan fingerprint density at radius 2 is 1.82 bits per heavy atom. The van der Waals surface area contributed by atoms with Crippen LogP contribution in [0.2, 0.25) is 0 Å². The predicted octanol–water partition coefficient (Wildman–Crippen LogP) is 4.29. The summed E-state index contributed by atoms with van der Waals surface area (Å²) in [7, 11) is 0. The summed E-state index contributed by atoms with van der Waals surface area (Å²) in [6.07, 6.45) is -2.33. The van der Waals surface area contributed by atoms with Gasteiger partial charge in [-0.3, -0.25) is 9.78 Å². The van der Waals surface area contributed by atoms with E-state index in [-0.39, 0.29) is 6.42 Å². The molecule has 0 spiro atoms.